The van der Waals surface area contributed by atoms with Gasteiger partial charge in [0.05, 0.1) is 6.26 Å². The molecule has 0 fully saturated rings. The summed E-state index contributed by atoms with van der Waals surface area (Å²) < 4.78 is 5.23. The molecule has 0 aliphatic carbocycles. The fourth-order valence-corrected chi connectivity index (χ4v) is 2.02. The highest BCUT2D eigenvalue weighted by Crippen LogP contribution is 2.11. The minimum Gasteiger partial charge on any atom is -0.465 e. The summed E-state index contributed by atoms with van der Waals surface area (Å²) in [6.45, 7) is 3.74. The standard InChI is InChI=1S/C17H26O/c1-2-3-4-5-6-7-8-9-10-11-12-14-17-15-13-16-18-17/h2,12-16H,1,3-11H2. The smallest absolute Gasteiger partial charge is 0.126 e. The zero-order chi connectivity index (χ0) is 12.9. The van der Waals surface area contributed by atoms with Gasteiger partial charge < -0.3 is 4.42 Å². The van der Waals surface area contributed by atoms with Crippen molar-refractivity contribution in [1.82, 2.24) is 0 Å². The molecule has 0 radical (unpaired) electrons. The topological polar surface area (TPSA) is 13.1 Å². The van der Waals surface area contributed by atoms with Gasteiger partial charge in [-0.2, -0.15) is 0 Å². The third kappa shape index (κ3) is 7.94. The summed E-state index contributed by atoms with van der Waals surface area (Å²) in [5.41, 5.74) is 0. The van der Waals surface area contributed by atoms with Crippen LogP contribution in [0.2, 0.25) is 0 Å². The van der Waals surface area contributed by atoms with E-state index in [4.69, 9.17) is 4.42 Å². The largest absolute Gasteiger partial charge is 0.465 e. The molecule has 0 aliphatic heterocycles. The highest BCUT2D eigenvalue weighted by Gasteiger charge is 1.91. The van der Waals surface area contributed by atoms with Crippen molar-refractivity contribution in [2.45, 2.75) is 57.8 Å². The van der Waals surface area contributed by atoms with Crippen molar-refractivity contribution in [3.63, 3.8) is 0 Å². The van der Waals surface area contributed by atoms with Crippen LogP contribution >= 0.6 is 0 Å². The Hall–Kier alpha value is -1.24. The molecular weight excluding hydrogens is 220 g/mol. The second-order valence-corrected chi connectivity index (χ2v) is 4.76. The van der Waals surface area contributed by atoms with Gasteiger partial charge >= 0.3 is 0 Å². The van der Waals surface area contributed by atoms with Gasteiger partial charge in [-0.3, -0.25) is 0 Å². The minimum atomic E-state index is 0.956. The van der Waals surface area contributed by atoms with Crippen molar-refractivity contribution in [2.75, 3.05) is 0 Å². The summed E-state index contributed by atoms with van der Waals surface area (Å²) in [5, 5.41) is 0. The van der Waals surface area contributed by atoms with Crippen LogP contribution in [0, 0.1) is 0 Å². The maximum atomic E-state index is 5.23. The first-order valence-electron chi connectivity index (χ1n) is 7.24. The van der Waals surface area contributed by atoms with Crippen LogP contribution < -0.4 is 0 Å². The minimum absolute atomic E-state index is 0.956. The van der Waals surface area contributed by atoms with Gasteiger partial charge in [-0.15, -0.1) is 6.58 Å². The Morgan fingerprint density at radius 3 is 2.22 bits per heavy atom. The normalized spacial score (nSPS) is 11.1. The lowest BCUT2D eigenvalue weighted by Gasteiger charge is -1.99. The lowest BCUT2D eigenvalue weighted by molar-refractivity contribution is 0.556. The summed E-state index contributed by atoms with van der Waals surface area (Å²) in [5.74, 6) is 0.956. The molecule has 1 aromatic rings. The molecule has 1 heteroatoms. The van der Waals surface area contributed by atoms with Crippen molar-refractivity contribution < 1.29 is 4.42 Å². The van der Waals surface area contributed by atoms with Crippen LogP contribution in [0.4, 0.5) is 0 Å². The van der Waals surface area contributed by atoms with Crippen molar-refractivity contribution in [1.29, 1.82) is 0 Å². The summed E-state index contributed by atoms with van der Waals surface area (Å²) in [4.78, 5) is 0. The fraction of sp³-hybridized carbons (Fsp3) is 0.529. The van der Waals surface area contributed by atoms with Gasteiger partial charge in [0.25, 0.3) is 0 Å². The molecule has 1 nitrogen and oxygen atoms in total. The van der Waals surface area contributed by atoms with Gasteiger partial charge in [0.1, 0.15) is 5.76 Å². The Morgan fingerprint density at radius 1 is 0.944 bits per heavy atom. The van der Waals surface area contributed by atoms with Gasteiger partial charge in [-0.1, -0.05) is 44.3 Å². The first kappa shape index (κ1) is 14.8. The number of hydrogen-bond acceptors (Lipinski definition) is 1. The second kappa shape index (κ2) is 10.9. The molecule has 1 aromatic heterocycles. The van der Waals surface area contributed by atoms with Gasteiger partial charge in [0.15, 0.2) is 0 Å². The van der Waals surface area contributed by atoms with Crippen LogP contribution in [0.5, 0.6) is 0 Å². The lowest BCUT2D eigenvalue weighted by Crippen LogP contribution is -1.80. The third-order valence-electron chi connectivity index (χ3n) is 3.10. The van der Waals surface area contributed by atoms with E-state index in [0.717, 1.165) is 12.2 Å². The Labute approximate surface area is 112 Å². The molecular formula is C17H26O. The van der Waals surface area contributed by atoms with Crippen LogP contribution in [0.25, 0.3) is 6.08 Å². The molecule has 0 aromatic carbocycles. The maximum absolute atomic E-state index is 5.23. The van der Waals surface area contributed by atoms with E-state index in [-0.39, 0.29) is 0 Å². The second-order valence-electron chi connectivity index (χ2n) is 4.76. The number of allylic oxidation sites excluding steroid dienone is 2. The van der Waals surface area contributed by atoms with Gasteiger partial charge in [0, 0.05) is 0 Å². The van der Waals surface area contributed by atoms with Crippen LogP contribution in [-0.2, 0) is 0 Å². The summed E-state index contributed by atoms with van der Waals surface area (Å²) >= 11 is 0. The van der Waals surface area contributed by atoms with E-state index in [1.54, 1.807) is 6.26 Å². The molecule has 0 saturated heterocycles. The van der Waals surface area contributed by atoms with E-state index >= 15 is 0 Å². The average Bonchev–Trinajstić information content (AvgIpc) is 2.89. The molecule has 0 aliphatic rings. The number of furan rings is 1. The Morgan fingerprint density at radius 2 is 1.61 bits per heavy atom. The van der Waals surface area contributed by atoms with Gasteiger partial charge in [-0.25, -0.2) is 0 Å². The molecule has 0 saturated carbocycles. The Kier molecular flexibility index (Phi) is 8.96. The van der Waals surface area contributed by atoms with Crippen molar-refractivity contribution in [2.24, 2.45) is 0 Å². The molecule has 1 rings (SSSR count). The summed E-state index contributed by atoms with van der Waals surface area (Å²) in [6, 6.07) is 3.91. The Bertz CT molecular complexity index is 308. The lowest BCUT2D eigenvalue weighted by atomic mass is 10.1. The van der Waals surface area contributed by atoms with E-state index < -0.39 is 0 Å². The highest BCUT2D eigenvalue weighted by molar-refractivity contribution is 5.41. The number of rotatable bonds is 11. The molecule has 0 spiro atoms. The number of hydrogen-bond donors (Lipinski definition) is 0. The first-order valence-corrected chi connectivity index (χ1v) is 7.24. The SMILES string of the molecule is C=CCCCCCCCCCC=Cc1ccco1. The predicted octanol–water partition coefficient (Wildman–Crippen LogP) is 5.99. The zero-order valence-corrected chi connectivity index (χ0v) is 11.4. The molecule has 1 heterocycles. The van der Waals surface area contributed by atoms with Crippen LogP contribution in [-0.4, -0.2) is 0 Å². The molecule has 100 valence electrons. The van der Waals surface area contributed by atoms with E-state index in [0.29, 0.717) is 0 Å². The third-order valence-corrected chi connectivity index (χ3v) is 3.10. The van der Waals surface area contributed by atoms with Crippen molar-refractivity contribution >= 4 is 6.08 Å². The molecule has 0 unspecified atom stereocenters. The van der Waals surface area contributed by atoms with E-state index in [2.05, 4.69) is 18.7 Å². The molecule has 0 amide bonds. The number of unbranched alkanes of at least 4 members (excludes halogenated alkanes) is 8. The quantitative estimate of drug-likeness (QED) is 0.345. The molecule has 18 heavy (non-hydrogen) atoms. The van der Waals surface area contributed by atoms with Crippen molar-refractivity contribution in [3.8, 4) is 0 Å². The Balaban J connectivity index is 1.83. The maximum Gasteiger partial charge on any atom is 0.126 e. The van der Waals surface area contributed by atoms with Gasteiger partial charge in [-0.05, 0) is 43.9 Å². The van der Waals surface area contributed by atoms with E-state index in [1.165, 1.54) is 51.4 Å². The molecule has 0 atom stereocenters. The molecule has 0 bridgehead atoms. The summed E-state index contributed by atoms with van der Waals surface area (Å²) in [7, 11) is 0. The van der Waals surface area contributed by atoms with E-state index in [9.17, 15) is 0 Å². The summed E-state index contributed by atoms with van der Waals surface area (Å²) in [6.07, 6.45) is 19.8. The predicted molar refractivity (Wildman–Crippen MR) is 79.5 cm³/mol. The zero-order valence-electron chi connectivity index (χ0n) is 11.4. The van der Waals surface area contributed by atoms with Crippen molar-refractivity contribution in [3.05, 3.63) is 42.9 Å². The molecule has 0 N–H and O–H groups in total. The first-order chi connectivity index (χ1) is 8.93. The van der Waals surface area contributed by atoms with Crippen LogP contribution in [0.15, 0.2) is 41.5 Å². The fourth-order valence-electron chi connectivity index (χ4n) is 2.02. The van der Waals surface area contributed by atoms with Crippen LogP contribution in [0.3, 0.4) is 0 Å². The average molecular weight is 246 g/mol. The highest BCUT2D eigenvalue weighted by atomic mass is 16.3. The van der Waals surface area contributed by atoms with Crippen LogP contribution in [0.1, 0.15) is 63.5 Å². The monoisotopic (exact) mass is 246 g/mol. The van der Waals surface area contributed by atoms with E-state index in [1.807, 2.05) is 18.2 Å². The van der Waals surface area contributed by atoms with Gasteiger partial charge in [0.2, 0.25) is 0 Å².